The van der Waals surface area contributed by atoms with Crippen molar-refractivity contribution in [1.82, 2.24) is 10.3 Å². The van der Waals surface area contributed by atoms with Gasteiger partial charge in [-0.25, -0.2) is 9.78 Å². The first-order valence-corrected chi connectivity index (χ1v) is 6.68. The van der Waals surface area contributed by atoms with E-state index >= 15 is 0 Å². The monoisotopic (exact) mass is 297 g/mol. The fourth-order valence-electron chi connectivity index (χ4n) is 2.12. The second kappa shape index (κ2) is 5.66. The molecule has 20 heavy (non-hydrogen) atoms. The molecule has 1 fully saturated rings. The highest BCUT2D eigenvalue weighted by Crippen LogP contribution is 2.31. The van der Waals surface area contributed by atoms with Crippen LogP contribution in [0, 0.1) is 0 Å². The highest BCUT2D eigenvalue weighted by atomic mass is 35.5. The zero-order valence-electron chi connectivity index (χ0n) is 11.1. The van der Waals surface area contributed by atoms with Crippen LogP contribution in [0.25, 0.3) is 0 Å². The number of carbonyl (C=O) groups excluding carboxylic acids is 1. The van der Waals surface area contributed by atoms with Crippen molar-refractivity contribution in [1.29, 1.82) is 0 Å². The van der Waals surface area contributed by atoms with Gasteiger partial charge in [0.2, 0.25) is 5.91 Å². The van der Waals surface area contributed by atoms with E-state index in [0.717, 1.165) is 6.42 Å². The third kappa shape index (κ3) is 3.01. The van der Waals surface area contributed by atoms with Crippen LogP contribution in [0.4, 0.5) is 5.82 Å². The minimum Gasteiger partial charge on any atom is -0.480 e. The molecule has 1 aromatic rings. The lowest BCUT2D eigenvalue weighted by atomic mass is 9.77. The average molecular weight is 298 g/mol. The van der Waals surface area contributed by atoms with Gasteiger partial charge in [0.1, 0.15) is 11.4 Å². The lowest BCUT2D eigenvalue weighted by Crippen LogP contribution is -2.60. The van der Waals surface area contributed by atoms with Crippen molar-refractivity contribution < 1.29 is 14.7 Å². The van der Waals surface area contributed by atoms with Crippen LogP contribution in [0.2, 0.25) is 5.02 Å². The number of anilines is 1. The molecule has 1 amide bonds. The van der Waals surface area contributed by atoms with Gasteiger partial charge in [0.25, 0.3) is 0 Å². The van der Waals surface area contributed by atoms with Gasteiger partial charge in [-0.2, -0.15) is 0 Å². The number of carboxylic acids is 1. The van der Waals surface area contributed by atoms with Crippen molar-refractivity contribution in [3.05, 3.63) is 23.4 Å². The summed E-state index contributed by atoms with van der Waals surface area (Å²) in [4.78, 5) is 28.8. The number of pyridine rings is 1. The van der Waals surface area contributed by atoms with Crippen molar-refractivity contribution in [2.45, 2.75) is 24.8 Å². The van der Waals surface area contributed by atoms with E-state index in [0.29, 0.717) is 23.7 Å². The molecule has 0 aromatic carbocycles. The molecule has 1 saturated carbocycles. The molecule has 0 saturated heterocycles. The molecule has 1 aliphatic carbocycles. The average Bonchev–Trinajstić information content (AvgIpc) is 2.34. The topological polar surface area (TPSA) is 82.5 Å². The van der Waals surface area contributed by atoms with Gasteiger partial charge in [-0.15, -0.1) is 0 Å². The number of carboxylic acid groups (broad SMARTS) is 1. The zero-order valence-corrected chi connectivity index (χ0v) is 11.9. The first kappa shape index (κ1) is 14.6. The molecule has 0 bridgehead atoms. The Morgan fingerprint density at radius 2 is 2.20 bits per heavy atom. The van der Waals surface area contributed by atoms with E-state index < -0.39 is 11.5 Å². The van der Waals surface area contributed by atoms with E-state index in [2.05, 4.69) is 10.3 Å². The van der Waals surface area contributed by atoms with Crippen molar-refractivity contribution in [3.8, 4) is 0 Å². The predicted octanol–water partition coefficient (Wildman–Crippen LogP) is 1.29. The van der Waals surface area contributed by atoms with Crippen molar-refractivity contribution in [2.24, 2.45) is 0 Å². The van der Waals surface area contributed by atoms with Gasteiger partial charge in [0.15, 0.2) is 0 Å². The SMILES string of the molecule is CN(CC(=O)NC1(C(=O)O)CCC1)c1ccc(Cl)cn1. The Labute approximate surface area is 121 Å². The summed E-state index contributed by atoms with van der Waals surface area (Å²) in [7, 11) is 1.71. The first-order valence-electron chi connectivity index (χ1n) is 6.30. The number of rotatable bonds is 5. The molecule has 0 atom stereocenters. The van der Waals surface area contributed by atoms with Gasteiger partial charge < -0.3 is 15.3 Å². The molecule has 0 aliphatic heterocycles. The molecule has 2 rings (SSSR count). The highest BCUT2D eigenvalue weighted by Gasteiger charge is 2.45. The number of aromatic nitrogens is 1. The Kier molecular flexibility index (Phi) is 4.13. The van der Waals surface area contributed by atoms with Crippen molar-refractivity contribution in [3.63, 3.8) is 0 Å². The number of carbonyl (C=O) groups is 2. The summed E-state index contributed by atoms with van der Waals surface area (Å²) in [6, 6.07) is 3.38. The molecule has 1 aromatic heterocycles. The van der Waals surface area contributed by atoms with Crippen LogP contribution < -0.4 is 10.2 Å². The van der Waals surface area contributed by atoms with Crippen LogP contribution in [-0.2, 0) is 9.59 Å². The van der Waals surface area contributed by atoms with E-state index in [1.807, 2.05) is 0 Å². The maximum Gasteiger partial charge on any atom is 0.329 e. The largest absolute Gasteiger partial charge is 0.480 e. The lowest BCUT2D eigenvalue weighted by molar-refractivity contribution is -0.151. The summed E-state index contributed by atoms with van der Waals surface area (Å²) in [5.74, 6) is -0.696. The summed E-state index contributed by atoms with van der Waals surface area (Å²) in [6.07, 6.45) is 3.28. The molecular weight excluding hydrogens is 282 g/mol. The van der Waals surface area contributed by atoms with Gasteiger partial charge in [0.05, 0.1) is 11.6 Å². The van der Waals surface area contributed by atoms with Crippen LogP contribution >= 0.6 is 11.6 Å². The molecule has 2 N–H and O–H groups in total. The maximum atomic E-state index is 11.9. The fourth-order valence-corrected chi connectivity index (χ4v) is 2.23. The van der Waals surface area contributed by atoms with Gasteiger partial charge in [-0.05, 0) is 31.4 Å². The molecule has 108 valence electrons. The van der Waals surface area contributed by atoms with E-state index in [-0.39, 0.29) is 12.5 Å². The van der Waals surface area contributed by atoms with Crippen molar-refractivity contribution >= 4 is 29.3 Å². The molecular formula is C13H16ClN3O3. The van der Waals surface area contributed by atoms with Gasteiger partial charge in [0, 0.05) is 13.2 Å². The van der Waals surface area contributed by atoms with E-state index in [1.165, 1.54) is 6.20 Å². The van der Waals surface area contributed by atoms with Crippen LogP contribution in [0.15, 0.2) is 18.3 Å². The highest BCUT2D eigenvalue weighted by molar-refractivity contribution is 6.30. The fraction of sp³-hybridized carbons (Fsp3) is 0.462. The number of hydrogen-bond acceptors (Lipinski definition) is 4. The standard InChI is InChI=1S/C13H16ClN3O3/c1-17(10-4-3-9(14)7-15-10)8-11(18)16-13(12(19)20)5-2-6-13/h3-4,7H,2,5-6,8H2,1H3,(H,16,18)(H,19,20). The summed E-state index contributed by atoms with van der Waals surface area (Å²) in [6.45, 7) is 0.0453. The van der Waals surface area contributed by atoms with Crippen molar-refractivity contribution in [2.75, 3.05) is 18.5 Å². The molecule has 7 heteroatoms. The first-order chi connectivity index (χ1) is 9.43. The number of aliphatic carboxylic acids is 1. The number of hydrogen-bond donors (Lipinski definition) is 2. The summed E-state index contributed by atoms with van der Waals surface area (Å²) < 4.78 is 0. The maximum absolute atomic E-state index is 11.9. The minimum atomic E-state index is -1.08. The molecule has 6 nitrogen and oxygen atoms in total. The normalized spacial score (nSPS) is 16.1. The van der Waals surface area contributed by atoms with Crippen LogP contribution in [0.1, 0.15) is 19.3 Å². The van der Waals surface area contributed by atoms with Gasteiger partial charge >= 0.3 is 5.97 Å². The third-order valence-corrected chi connectivity index (χ3v) is 3.70. The quantitative estimate of drug-likeness (QED) is 0.856. The molecule has 0 spiro atoms. The number of amides is 1. The van der Waals surface area contributed by atoms with Crippen LogP contribution in [0.3, 0.4) is 0 Å². The van der Waals surface area contributed by atoms with Crippen LogP contribution in [0.5, 0.6) is 0 Å². The molecule has 1 aliphatic rings. The Morgan fingerprint density at radius 1 is 1.50 bits per heavy atom. The van der Waals surface area contributed by atoms with E-state index in [9.17, 15) is 9.59 Å². The Balaban J connectivity index is 1.94. The minimum absolute atomic E-state index is 0.0453. The Bertz CT molecular complexity index is 514. The molecule has 1 heterocycles. The number of nitrogens with one attached hydrogen (secondary N) is 1. The van der Waals surface area contributed by atoms with Crippen LogP contribution in [-0.4, -0.2) is 41.1 Å². The summed E-state index contributed by atoms with van der Waals surface area (Å²) in [5, 5.41) is 12.3. The second-order valence-electron chi connectivity index (χ2n) is 4.98. The van der Waals surface area contributed by atoms with E-state index in [1.54, 1.807) is 24.1 Å². The smallest absolute Gasteiger partial charge is 0.329 e. The number of likely N-dealkylation sites (N-methyl/N-ethyl adjacent to an activating group) is 1. The lowest BCUT2D eigenvalue weighted by Gasteiger charge is -2.38. The predicted molar refractivity (Wildman–Crippen MR) is 74.9 cm³/mol. The Morgan fingerprint density at radius 3 is 2.65 bits per heavy atom. The number of halogens is 1. The molecule has 0 unspecified atom stereocenters. The molecule has 0 radical (unpaired) electrons. The second-order valence-corrected chi connectivity index (χ2v) is 5.42. The van der Waals surface area contributed by atoms with Gasteiger partial charge in [-0.3, -0.25) is 4.79 Å². The summed E-state index contributed by atoms with van der Waals surface area (Å²) >= 11 is 5.74. The number of nitrogens with zero attached hydrogens (tertiary/aromatic N) is 2. The van der Waals surface area contributed by atoms with E-state index in [4.69, 9.17) is 16.7 Å². The zero-order chi connectivity index (χ0) is 14.8. The summed E-state index contributed by atoms with van der Waals surface area (Å²) in [5.41, 5.74) is -1.08. The third-order valence-electron chi connectivity index (χ3n) is 3.48. The Hall–Kier alpha value is -1.82. The van der Waals surface area contributed by atoms with Gasteiger partial charge in [-0.1, -0.05) is 11.6 Å².